The van der Waals surface area contributed by atoms with Gasteiger partial charge in [-0.05, 0) is 48.0 Å². The molecule has 4 aromatic rings. The van der Waals surface area contributed by atoms with E-state index in [9.17, 15) is 22.4 Å². The van der Waals surface area contributed by atoms with Gasteiger partial charge in [-0.25, -0.2) is 13.9 Å². The Bertz CT molecular complexity index is 1410. The lowest BCUT2D eigenvalue weighted by atomic mass is 10.1. The predicted octanol–water partition coefficient (Wildman–Crippen LogP) is 4.52. The van der Waals surface area contributed by atoms with Crippen molar-refractivity contribution in [2.75, 3.05) is 33.3 Å². The van der Waals surface area contributed by atoms with Crippen molar-refractivity contribution in [1.82, 2.24) is 24.4 Å². The summed E-state index contributed by atoms with van der Waals surface area (Å²) in [5, 5.41) is 3.87. The highest BCUT2D eigenvalue weighted by Gasteiger charge is 2.36. The second kappa shape index (κ2) is 9.81. The Labute approximate surface area is 209 Å². The van der Waals surface area contributed by atoms with Crippen LogP contribution in [0.1, 0.15) is 21.6 Å². The van der Waals surface area contributed by atoms with Gasteiger partial charge in [-0.15, -0.1) is 0 Å². The van der Waals surface area contributed by atoms with Crippen LogP contribution in [0, 0.1) is 5.82 Å². The molecule has 1 aliphatic heterocycles. The van der Waals surface area contributed by atoms with E-state index in [4.69, 9.17) is 4.74 Å². The topological polar surface area (TPSA) is 63.0 Å². The number of rotatable bonds is 5. The average Bonchev–Trinajstić information content (AvgIpc) is 3.33. The largest absolute Gasteiger partial charge is 0.497 e. The second-order valence-electron chi connectivity index (χ2n) is 8.74. The van der Waals surface area contributed by atoms with Crippen LogP contribution in [-0.2, 0) is 12.7 Å². The Kier molecular flexibility index (Phi) is 6.55. The van der Waals surface area contributed by atoms with Crippen molar-refractivity contribution in [3.63, 3.8) is 0 Å². The van der Waals surface area contributed by atoms with E-state index in [1.165, 1.54) is 19.2 Å². The molecular formula is C26H23F4N5O2. The van der Waals surface area contributed by atoms with E-state index in [0.717, 1.165) is 17.8 Å². The van der Waals surface area contributed by atoms with Crippen LogP contribution < -0.4 is 4.74 Å². The van der Waals surface area contributed by atoms with Gasteiger partial charge >= 0.3 is 6.18 Å². The quantitative estimate of drug-likeness (QED) is 0.367. The maximum Gasteiger partial charge on any atom is 0.433 e. The SMILES string of the molecule is COc1ccc(-c2cc(C(F)(F)F)n3ncc(C(=O)N4CCN(Cc5ccc(F)cc5)CC4)c3n2)cc1. The molecule has 0 unspecified atom stereocenters. The van der Waals surface area contributed by atoms with Crippen molar-refractivity contribution in [2.45, 2.75) is 12.7 Å². The van der Waals surface area contributed by atoms with Crippen LogP contribution >= 0.6 is 0 Å². The number of ether oxygens (including phenoxy) is 1. The highest BCUT2D eigenvalue weighted by atomic mass is 19.4. The molecule has 0 radical (unpaired) electrons. The molecule has 0 bridgehead atoms. The molecule has 2 aromatic heterocycles. The molecule has 192 valence electrons. The first kappa shape index (κ1) is 24.7. The molecule has 7 nitrogen and oxygen atoms in total. The minimum absolute atomic E-state index is 0.00727. The third-order valence-corrected chi connectivity index (χ3v) is 6.36. The predicted molar refractivity (Wildman–Crippen MR) is 128 cm³/mol. The summed E-state index contributed by atoms with van der Waals surface area (Å²) in [6, 6.07) is 13.6. The molecule has 1 saturated heterocycles. The van der Waals surface area contributed by atoms with Crippen molar-refractivity contribution < 1.29 is 27.1 Å². The molecule has 0 saturated carbocycles. The number of carbonyl (C=O) groups excluding carboxylic acids is 1. The number of benzene rings is 2. The number of fused-ring (bicyclic) bond motifs is 1. The van der Waals surface area contributed by atoms with Crippen LogP contribution in [0.15, 0.2) is 60.8 Å². The van der Waals surface area contributed by atoms with E-state index in [-0.39, 0.29) is 22.7 Å². The minimum atomic E-state index is -4.71. The Hall–Kier alpha value is -3.99. The second-order valence-corrected chi connectivity index (χ2v) is 8.74. The van der Waals surface area contributed by atoms with E-state index >= 15 is 0 Å². The van der Waals surface area contributed by atoms with Gasteiger partial charge in [-0.1, -0.05) is 12.1 Å². The molecule has 11 heteroatoms. The number of aromatic nitrogens is 3. The number of methoxy groups -OCH3 is 1. The summed E-state index contributed by atoms with van der Waals surface area (Å²) in [4.78, 5) is 21.5. The normalized spacial score (nSPS) is 14.8. The van der Waals surface area contributed by atoms with Gasteiger partial charge in [0.25, 0.3) is 5.91 Å². The summed E-state index contributed by atoms with van der Waals surface area (Å²) in [5.74, 6) is -0.173. The number of halogens is 4. The van der Waals surface area contributed by atoms with Gasteiger partial charge in [0.15, 0.2) is 11.3 Å². The summed E-state index contributed by atoms with van der Waals surface area (Å²) >= 11 is 0. The standard InChI is InChI=1S/C26H23F4N5O2/c1-37-20-8-4-18(5-9-20)22-14-23(26(28,29)30)35-24(32-22)21(15-31-35)25(36)34-12-10-33(11-13-34)16-17-2-6-19(27)7-3-17/h2-9,14-15H,10-13,16H2,1H3. The molecule has 37 heavy (non-hydrogen) atoms. The summed E-state index contributed by atoms with van der Waals surface area (Å²) in [7, 11) is 1.49. The van der Waals surface area contributed by atoms with Crippen molar-refractivity contribution in [3.8, 4) is 17.0 Å². The first-order valence-corrected chi connectivity index (χ1v) is 11.6. The summed E-state index contributed by atoms with van der Waals surface area (Å²) in [5.41, 5.74) is 0.307. The van der Waals surface area contributed by atoms with Gasteiger partial charge in [-0.3, -0.25) is 9.69 Å². The molecule has 0 atom stereocenters. The summed E-state index contributed by atoms with van der Waals surface area (Å²) in [6.07, 6.45) is -3.57. The fourth-order valence-electron chi connectivity index (χ4n) is 4.35. The highest BCUT2D eigenvalue weighted by Crippen LogP contribution is 2.33. The molecule has 1 aliphatic rings. The zero-order valence-corrected chi connectivity index (χ0v) is 19.9. The van der Waals surface area contributed by atoms with Gasteiger partial charge < -0.3 is 9.64 Å². The highest BCUT2D eigenvalue weighted by molar-refractivity contribution is 6.00. The number of alkyl halides is 3. The lowest BCUT2D eigenvalue weighted by Gasteiger charge is -2.34. The van der Waals surface area contributed by atoms with Gasteiger partial charge in [0, 0.05) is 38.3 Å². The monoisotopic (exact) mass is 513 g/mol. The Morgan fingerprint density at radius 2 is 1.68 bits per heavy atom. The van der Waals surface area contributed by atoms with E-state index in [2.05, 4.69) is 15.0 Å². The number of hydrogen-bond acceptors (Lipinski definition) is 5. The Morgan fingerprint density at radius 3 is 2.30 bits per heavy atom. The molecule has 0 aliphatic carbocycles. The first-order chi connectivity index (χ1) is 17.7. The third-order valence-electron chi connectivity index (χ3n) is 6.36. The molecule has 1 fully saturated rings. The zero-order valence-electron chi connectivity index (χ0n) is 19.9. The van der Waals surface area contributed by atoms with Crippen molar-refractivity contribution in [1.29, 1.82) is 0 Å². The van der Waals surface area contributed by atoms with Crippen molar-refractivity contribution in [3.05, 3.63) is 83.4 Å². The zero-order chi connectivity index (χ0) is 26.2. The lowest BCUT2D eigenvalue weighted by molar-refractivity contribution is -0.142. The Balaban J connectivity index is 1.40. The molecule has 3 heterocycles. The number of hydrogen-bond donors (Lipinski definition) is 0. The smallest absolute Gasteiger partial charge is 0.433 e. The molecule has 5 rings (SSSR count). The number of nitrogens with zero attached hydrogens (tertiary/aromatic N) is 5. The van der Waals surface area contributed by atoms with E-state index in [0.29, 0.717) is 48.6 Å². The average molecular weight is 513 g/mol. The molecule has 0 N–H and O–H groups in total. The van der Waals surface area contributed by atoms with Gasteiger partial charge in [0.05, 0.1) is 19.0 Å². The molecule has 1 amide bonds. The first-order valence-electron chi connectivity index (χ1n) is 11.6. The van der Waals surface area contributed by atoms with E-state index in [1.807, 2.05) is 0 Å². The van der Waals surface area contributed by atoms with E-state index in [1.54, 1.807) is 41.3 Å². The maximum atomic E-state index is 13.9. The number of piperazine rings is 1. The Morgan fingerprint density at radius 1 is 1.00 bits per heavy atom. The van der Waals surface area contributed by atoms with Crippen LogP contribution in [0.5, 0.6) is 5.75 Å². The minimum Gasteiger partial charge on any atom is -0.497 e. The van der Waals surface area contributed by atoms with Crippen molar-refractivity contribution >= 4 is 11.6 Å². The van der Waals surface area contributed by atoms with Gasteiger partial charge in [0.1, 0.15) is 17.1 Å². The molecule has 2 aromatic carbocycles. The van der Waals surface area contributed by atoms with Crippen LogP contribution in [0.3, 0.4) is 0 Å². The van der Waals surface area contributed by atoms with Gasteiger partial charge in [0.2, 0.25) is 0 Å². The van der Waals surface area contributed by atoms with Crippen LogP contribution in [0.2, 0.25) is 0 Å². The maximum absolute atomic E-state index is 13.9. The lowest BCUT2D eigenvalue weighted by Crippen LogP contribution is -2.48. The van der Waals surface area contributed by atoms with Crippen LogP contribution in [-0.4, -0.2) is 63.6 Å². The van der Waals surface area contributed by atoms with Gasteiger partial charge in [-0.2, -0.15) is 18.3 Å². The van der Waals surface area contributed by atoms with Crippen LogP contribution in [0.25, 0.3) is 16.9 Å². The van der Waals surface area contributed by atoms with Crippen LogP contribution in [0.4, 0.5) is 17.6 Å². The summed E-state index contributed by atoms with van der Waals surface area (Å²) < 4.78 is 60.7. The fourth-order valence-corrected chi connectivity index (χ4v) is 4.35. The number of amides is 1. The molecular weight excluding hydrogens is 490 g/mol. The third kappa shape index (κ3) is 5.12. The number of carbonyl (C=O) groups is 1. The van der Waals surface area contributed by atoms with E-state index < -0.39 is 17.8 Å². The van der Waals surface area contributed by atoms with Crippen molar-refractivity contribution in [2.24, 2.45) is 0 Å². The fraction of sp³-hybridized carbons (Fsp3) is 0.269. The summed E-state index contributed by atoms with van der Waals surface area (Å²) in [6.45, 7) is 2.53. The molecule has 0 spiro atoms.